The molecule has 0 bridgehead atoms. The second-order valence-electron chi connectivity index (χ2n) is 7.75. The summed E-state index contributed by atoms with van der Waals surface area (Å²) in [4.78, 5) is 32.2. The van der Waals surface area contributed by atoms with Gasteiger partial charge in [-0.25, -0.2) is 9.79 Å². The van der Waals surface area contributed by atoms with Gasteiger partial charge in [0.2, 0.25) is 5.91 Å². The summed E-state index contributed by atoms with van der Waals surface area (Å²) in [5.41, 5.74) is 2.65. The molecule has 32 heavy (non-hydrogen) atoms. The van der Waals surface area contributed by atoms with Crippen LogP contribution in [0.3, 0.4) is 0 Å². The van der Waals surface area contributed by atoms with Gasteiger partial charge in [0.15, 0.2) is 16.7 Å². The van der Waals surface area contributed by atoms with E-state index in [0.717, 1.165) is 29.3 Å². The normalized spacial score (nSPS) is 19.8. The third-order valence-corrected chi connectivity index (χ3v) is 6.39. The molecule has 1 amide bonds. The molecule has 1 fully saturated rings. The van der Waals surface area contributed by atoms with Gasteiger partial charge in [-0.3, -0.25) is 4.79 Å². The molecule has 1 saturated carbocycles. The quantitative estimate of drug-likeness (QED) is 0.598. The molecule has 2 heterocycles. The first-order valence-electron chi connectivity index (χ1n) is 10.6. The van der Waals surface area contributed by atoms with Gasteiger partial charge >= 0.3 is 5.97 Å². The van der Waals surface area contributed by atoms with E-state index in [0.29, 0.717) is 22.8 Å². The molecule has 1 N–H and O–H groups in total. The SMILES string of the molecule is CCOC(=O)C1=C(C)N=C2SC=C(CC(=O)NC3CC3)N2C1c1ccc(OC)c(OC)c1. The molecule has 4 rings (SSSR count). The van der Waals surface area contributed by atoms with Gasteiger partial charge in [-0.15, -0.1) is 0 Å². The Morgan fingerprint density at radius 2 is 1.97 bits per heavy atom. The number of nitrogens with one attached hydrogen (secondary N) is 1. The lowest BCUT2D eigenvalue weighted by atomic mass is 9.93. The van der Waals surface area contributed by atoms with Gasteiger partial charge in [0.1, 0.15) is 0 Å². The summed E-state index contributed by atoms with van der Waals surface area (Å²) in [6.45, 7) is 3.84. The van der Waals surface area contributed by atoms with E-state index in [1.165, 1.54) is 11.8 Å². The molecule has 0 aromatic heterocycles. The molecular weight excluding hydrogens is 430 g/mol. The van der Waals surface area contributed by atoms with Crippen molar-refractivity contribution in [1.82, 2.24) is 10.2 Å². The highest BCUT2D eigenvalue weighted by Gasteiger charge is 2.41. The van der Waals surface area contributed by atoms with E-state index in [4.69, 9.17) is 14.2 Å². The maximum Gasteiger partial charge on any atom is 0.338 e. The number of nitrogens with zero attached hydrogens (tertiary/aromatic N) is 2. The number of rotatable bonds is 8. The molecule has 0 radical (unpaired) electrons. The highest BCUT2D eigenvalue weighted by molar-refractivity contribution is 8.16. The van der Waals surface area contributed by atoms with E-state index >= 15 is 0 Å². The van der Waals surface area contributed by atoms with E-state index < -0.39 is 12.0 Å². The van der Waals surface area contributed by atoms with E-state index in [9.17, 15) is 9.59 Å². The van der Waals surface area contributed by atoms with Gasteiger partial charge in [0.25, 0.3) is 0 Å². The van der Waals surface area contributed by atoms with E-state index in [1.807, 2.05) is 35.4 Å². The predicted octanol–water partition coefficient (Wildman–Crippen LogP) is 3.51. The number of esters is 1. The minimum atomic E-state index is -0.503. The first kappa shape index (κ1) is 22.3. The number of carbonyl (C=O) groups excluding carboxylic acids is 2. The lowest BCUT2D eigenvalue weighted by molar-refractivity contribution is -0.139. The van der Waals surface area contributed by atoms with Crippen LogP contribution in [0.1, 0.15) is 44.7 Å². The van der Waals surface area contributed by atoms with E-state index in [2.05, 4.69) is 10.3 Å². The number of aliphatic imine (C=N–C) groups is 1. The Bertz CT molecular complexity index is 1030. The summed E-state index contributed by atoms with van der Waals surface area (Å²) in [6, 6.07) is 5.34. The van der Waals surface area contributed by atoms with Crippen molar-refractivity contribution in [2.45, 2.75) is 45.2 Å². The second kappa shape index (κ2) is 9.28. The Kier molecular flexibility index (Phi) is 6.45. The molecule has 9 heteroatoms. The molecule has 1 aromatic rings. The van der Waals surface area contributed by atoms with Crippen LogP contribution in [0.5, 0.6) is 11.5 Å². The number of benzene rings is 1. The van der Waals surface area contributed by atoms with Gasteiger partial charge < -0.3 is 24.4 Å². The number of carbonyl (C=O) groups is 2. The Balaban J connectivity index is 1.75. The topological polar surface area (TPSA) is 89.5 Å². The van der Waals surface area contributed by atoms with Crippen LogP contribution in [0.2, 0.25) is 0 Å². The van der Waals surface area contributed by atoms with Crippen molar-refractivity contribution in [3.8, 4) is 11.5 Å². The Hall–Kier alpha value is -2.94. The van der Waals surface area contributed by atoms with Crippen LogP contribution in [0.25, 0.3) is 0 Å². The van der Waals surface area contributed by atoms with Crippen molar-refractivity contribution in [2.24, 2.45) is 4.99 Å². The van der Waals surface area contributed by atoms with Crippen LogP contribution in [-0.2, 0) is 14.3 Å². The van der Waals surface area contributed by atoms with Crippen molar-refractivity contribution in [3.05, 3.63) is 46.1 Å². The van der Waals surface area contributed by atoms with Gasteiger partial charge in [-0.1, -0.05) is 17.8 Å². The average Bonchev–Trinajstić information content (AvgIpc) is 3.51. The van der Waals surface area contributed by atoms with Crippen molar-refractivity contribution >= 4 is 28.8 Å². The smallest absolute Gasteiger partial charge is 0.338 e. The highest BCUT2D eigenvalue weighted by Crippen LogP contribution is 2.46. The summed E-state index contributed by atoms with van der Waals surface area (Å²) in [5.74, 6) is 0.690. The molecular formula is C23H27N3O5S. The van der Waals surface area contributed by atoms with Crippen molar-refractivity contribution in [2.75, 3.05) is 20.8 Å². The molecule has 2 aliphatic heterocycles. The standard InChI is InChI=1S/C23H27N3O5S/c1-5-31-22(28)20-13(2)24-23-26(16(12-32-23)11-19(27)25-15-7-8-15)21(20)14-6-9-17(29-3)18(10-14)30-4/h6,9-10,12,15,21H,5,7-8,11H2,1-4H3,(H,25,27). The van der Waals surface area contributed by atoms with Crippen molar-refractivity contribution in [1.29, 1.82) is 0 Å². The summed E-state index contributed by atoms with van der Waals surface area (Å²) in [7, 11) is 3.15. The van der Waals surface area contributed by atoms with Crippen LogP contribution >= 0.6 is 11.8 Å². The summed E-state index contributed by atoms with van der Waals surface area (Å²) >= 11 is 1.45. The zero-order valence-corrected chi connectivity index (χ0v) is 19.5. The van der Waals surface area contributed by atoms with Crippen LogP contribution in [0.15, 0.2) is 45.6 Å². The Morgan fingerprint density at radius 1 is 1.22 bits per heavy atom. The number of ether oxygens (including phenoxy) is 3. The number of thioether (sulfide) groups is 1. The molecule has 170 valence electrons. The van der Waals surface area contributed by atoms with Crippen molar-refractivity contribution < 1.29 is 23.8 Å². The summed E-state index contributed by atoms with van der Waals surface area (Å²) < 4.78 is 16.3. The highest BCUT2D eigenvalue weighted by atomic mass is 32.2. The van der Waals surface area contributed by atoms with E-state index in [1.54, 1.807) is 21.1 Å². The number of allylic oxidation sites excluding steroid dienone is 1. The third-order valence-electron chi connectivity index (χ3n) is 5.50. The van der Waals surface area contributed by atoms with Gasteiger partial charge in [-0.2, -0.15) is 0 Å². The van der Waals surface area contributed by atoms with Gasteiger partial charge in [0, 0.05) is 11.7 Å². The number of hydrogen-bond donors (Lipinski definition) is 1. The lowest BCUT2D eigenvalue weighted by Gasteiger charge is -2.36. The average molecular weight is 458 g/mol. The zero-order valence-electron chi connectivity index (χ0n) is 18.6. The monoisotopic (exact) mass is 457 g/mol. The van der Waals surface area contributed by atoms with Crippen LogP contribution in [0, 0.1) is 0 Å². The maximum absolute atomic E-state index is 13.0. The maximum atomic E-state index is 13.0. The first-order chi connectivity index (χ1) is 15.5. The molecule has 1 aliphatic carbocycles. The van der Waals surface area contributed by atoms with Gasteiger partial charge in [-0.05, 0) is 49.8 Å². The molecule has 0 spiro atoms. The van der Waals surface area contributed by atoms with Crippen LogP contribution in [-0.4, -0.2) is 48.8 Å². The fraction of sp³-hybridized carbons (Fsp3) is 0.435. The third kappa shape index (κ3) is 4.34. The lowest BCUT2D eigenvalue weighted by Crippen LogP contribution is -2.38. The molecule has 0 saturated heterocycles. The molecule has 1 atom stereocenters. The van der Waals surface area contributed by atoms with Crippen LogP contribution < -0.4 is 14.8 Å². The molecule has 8 nitrogen and oxygen atoms in total. The second-order valence-corrected chi connectivity index (χ2v) is 8.58. The number of amides is 1. The van der Waals surface area contributed by atoms with E-state index in [-0.39, 0.29) is 25.0 Å². The fourth-order valence-corrected chi connectivity index (χ4v) is 4.81. The number of hydrogen-bond acceptors (Lipinski definition) is 8. The fourth-order valence-electron chi connectivity index (χ4n) is 3.85. The zero-order chi connectivity index (χ0) is 22.8. The number of methoxy groups -OCH3 is 2. The largest absolute Gasteiger partial charge is 0.493 e. The minimum Gasteiger partial charge on any atom is -0.493 e. The predicted molar refractivity (Wildman–Crippen MR) is 122 cm³/mol. The number of amidine groups is 1. The molecule has 3 aliphatic rings. The minimum absolute atomic E-state index is 0.0318. The Morgan fingerprint density at radius 3 is 2.62 bits per heavy atom. The molecule has 1 aromatic carbocycles. The Labute approximate surface area is 191 Å². The van der Waals surface area contributed by atoms with Crippen LogP contribution in [0.4, 0.5) is 0 Å². The summed E-state index contributed by atoms with van der Waals surface area (Å²) in [6.07, 6.45) is 2.26. The first-order valence-corrected chi connectivity index (χ1v) is 11.5. The van der Waals surface area contributed by atoms with Crippen molar-refractivity contribution in [3.63, 3.8) is 0 Å². The summed E-state index contributed by atoms with van der Waals surface area (Å²) in [5, 5.41) is 5.69. The number of fused-ring (bicyclic) bond motifs is 1. The van der Waals surface area contributed by atoms with Gasteiger partial charge in [0.05, 0.1) is 44.6 Å². The molecule has 1 unspecified atom stereocenters.